The van der Waals surface area contributed by atoms with Crippen LogP contribution < -0.4 is 5.32 Å². The Kier molecular flexibility index (Phi) is 4.61. The fourth-order valence-corrected chi connectivity index (χ4v) is 2.96. The number of nitrogens with one attached hydrogen (secondary N) is 1. The fraction of sp³-hybridized carbons (Fsp3) is 0.368. The summed E-state index contributed by atoms with van der Waals surface area (Å²) in [6, 6.07) is 13.7. The molecule has 1 N–H and O–H groups in total. The van der Waals surface area contributed by atoms with Gasteiger partial charge in [-0.25, -0.2) is 0 Å². The summed E-state index contributed by atoms with van der Waals surface area (Å²) in [7, 11) is 2.05. The lowest BCUT2D eigenvalue weighted by Gasteiger charge is -2.21. The van der Waals surface area contributed by atoms with E-state index in [-0.39, 0.29) is 0 Å². The molecule has 2 aromatic carbocycles. The van der Waals surface area contributed by atoms with Crippen molar-refractivity contribution in [3.8, 4) is 0 Å². The first-order valence-electron chi connectivity index (χ1n) is 7.32. The van der Waals surface area contributed by atoms with Crippen LogP contribution in [-0.4, -0.2) is 7.05 Å². The second-order valence-electron chi connectivity index (χ2n) is 5.78. The van der Waals surface area contributed by atoms with Crippen molar-refractivity contribution in [3.63, 3.8) is 0 Å². The van der Waals surface area contributed by atoms with Gasteiger partial charge in [0.25, 0.3) is 0 Å². The van der Waals surface area contributed by atoms with Crippen LogP contribution in [0.2, 0.25) is 0 Å². The average molecular weight is 267 g/mol. The maximum atomic E-state index is 3.48. The lowest BCUT2D eigenvalue weighted by atomic mass is 9.90. The van der Waals surface area contributed by atoms with Gasteiger partial charge in [0.15, 0.2) is 0 Å². The predicted octanol–water partition coefficient (Wildman–Crippen LogP) is 4.42. The lowest BCUT2D eigenvalue weighted by Crippen LogP contribution is -2.20. The molecule has 2 aromatic rings. The number of hydrogen-bond acceptors (Lipinski definition) is 1. The zero-order chi connectivity index (χ0) is 14.7. The van der Waals surface area contributed by atoms with Crippen molar-refractivity contribution < 1.29 is 0 Å². The van der Waals surface area contributed by atoms with Crippen LogP contribution in [0, 0.1) is 27.7 Å². The minimum Gasteiger partial charge on any atom is -0.313 e. The van der Waals surface area contributed by atoms with Crippen molar-refractivity contribution >= 4 is 0 Å². The Labute approximate surface area is 123 Å². The Morgan fingerprint density at radius 3 is 2.10 bits per heavy atom. The van der Waals surface area contributed by atoms with Gasteiger partial charge in [0, 0.05) is 6.04 Å². The first kappa shape index (κ1) is 14.8. The number of benzene rings is 2. The van der Waals surface area contributed by atoms with Gasteiger partial charge in [-0.15, -0.1) is 0 Å². The van der Waals surface area contributed by atoms with Gasteiger partial charge in [0.1, 0.15) is 0 Å². The molecular weight excluding hydrogens is 242 g/mol. The predicted molar refractivity (Wildman–Crippen MR) is 87.3 cm³/mol. The van der Waals surface area contributed by atoms with Gasteiger partial charge in [0.05, 0.1) is 0 Å². The zero-order valence-electron chi connectivity index (χ0n) is 13.2. The maximum absolute atomic E-state index is 3.48. The summed E-state index contributed by atoms with van der Waals surface area (Å²) in [6.07, 6.45) is 1.04. The molecule has 1 atom stereocenters. The molecule has 0 aliphatic rings. The van der Waals surface area contributed by atoms with E-state index in [9.17, 15) is 0 Å². The third kappa shape index (κ3) is 3.10. The average Bonchev–Trinajstić information content (AvgIpc) is 2.40. The molecule has 1 heteroatoms. The van der Waals surface area contributed by atoms with Gasteiger partial charge >= 0.3 is 0 Å². The fourth-order valence-electron chi connectivity index (χ4n) is 2.96. The molecule has 0 saturated heterocycles. The Morgan fingerprint density at radius 1 is 0.900 bits per heavy atom. The minimum absolute atomic E-state index is 0.371. The summed E-state index contributed by atoms with van der Waals surface area (Å²) < 4.78 is 0. The normalized spacial score (nSPS) is 12.4. The molecule has 0 aliphatic heterocycles. The summed E-state index contributed by atoms with van der Waals surface area (Å²) in [4.78, 5) is 0. The van der Waals surface area contributed by atoms with Crippen molar-refractivity contribution in [1.82, 2.24) is 5.32 Å². The molecule has 0 radical (unpaired) electrons. The third-order valence-electron chi connectivity index (χ3n) is 4.20. The van der Waals surface area contributed by atoms with E-state index in [2.05, 4.69) is 76.5 Å². The molecule has 1 nitrogen and oxygen atoms in total. The highest BCUT2D eigenvalue weighted by Gasteiger charge is 2.14. The molecule has 1 unspecified atom stereocenters. The Bertz CT molecular complexity index is 578. The number of rotatable bonds is 4. The molecule has 0 amide bonds. The van der Waals surface area contributed by atoms with Crippen LogP contribution in [-0.2, 0) is 6.42 Å². The summed E-state index contributed by atoms with van der Waals surface area (Å²) in [5.74, 6) is 0. The van der Waals surface area contributed by atoms with E-state index < -0.39 is 0 Å². The van der Waals surface area contributed by atoms with Gasteiger partial charge < -0.3 is 5.32 Å². The minimum atomic E-state index is 0.371. The second-order valence-corrected chi connectivity index (χ2v) is 5.78. The highest BCUT2D eigenvalue weighted by Crippen LogP contribution is 2.25. The van der Waals surface area contributed by atoms with Crippen LogP contribution in [0.25, 0.3) is 0 Å². The molecule has 0 aliphatic carbocycles. The molecule has 0 bridgehead atoms. The van der Waals surface area contributed by atoms with E-state index in [0.29, 0.717) is 6.04 Å². The van der Waals surface area contributed by atoms with Gasteiger partial charge in [-0.1, -0.05) is 42.0 Å². The number of likely N-dealkylation sites (N-methyl/N-ethyl adjacent to an activating group) is 1. The molecule has 20 heavy (non-hydrogen) atoms. The smallest absolute Gasteiger partial charge is 0.0361 e. The molecule has 0 aromatic heterocycles. The molecular formula is C19H25N. The van der Waals surface area contributed by atoms with Crippen molar-refractivity contribution in [1.29, 1.82) is 0 Å². The standard InChI is InChI=1S/C19H25N/c1-13-9-10-17(16(4)11-13)19(20-5)12-18-14(2)7-6-8-15(18)3/h6-11,19-20H,12H2,1-5H3. The van der Waals surface area contributed by atoms with Gasteiger partial charge in [-0.05, 0) is 69.0 Å². The molecule has 0 saturated carbocycles. The van der Waals surface area contributed by atoms with Crippen molar-refractivity contribution in [2.24, 2.45) is 0 Å². The Balaban J connectivity index is 2.34. The Morgan fingerprint density at radius 2 is 1.55 bits per heavy atom. The van der Waals surface area contributed by atoms with E-state index in [1.54, 1.807) is 0 Å². The lowest BCUT2D eigenvalue weighted by molar-refractivity contribution is 0.586. The van der Waals surface area contributed by atoms with Crippen LogP contribution in [0.3, 0.4) is 0 Å². The van der Waals surface area contributed by atoms with Crippen LogP contribution in [0.15, 0.2) is 36.4 Å². The SMILES string of the molecule is CNC(Cc1c(C)cccc1C)c1ccc(C)cc1C. The largest absolute Gasteiger partial charge is 0.313 e. The maximum Gasteiger partial charge on any atom is 0.0361 e. The highest BCUT2D eigenvalue weighted by molar-refractivity contribution is 5.38. The van der Waals surface area contributed by atoms with Crippen molar-refractivity contribution in [2.45, 2.75) is 40.2 Å². The van der Waals surface area contributed by atoms with E-state index in [1.807, 2.05) is 0 Å². The number of hydrogen-bond donors (Lipinski definition) is 1. The van der Waals surface area contributed by atoms with Crippen LogP contribution in [0.1, 0.15) is 39.4 Å². The first-order valence-corrected chi connectivity index (χ1v) is 7.32. The highest BCUT2D eigenvalue weighted by atomic mass is 14.9. The summed E-state index contributed by atoms with van der Waals surface area (Å²) >= 11 is 0. The van der Waals surface area contributed by atoms with Crippen LogP contribution in [0.5, 0.6) is 0 Å². The molecule has 2 rings (SSSR count). The van der Waals surface area contributed by atoms with Crippen LogP contribution >= 0.6 is 0 Å². The quantitative estimate of drug-likeness (QED) is 0.864. The van der Waals surface area contributed by atoms with E-state index in [0.717, 1.165) is 6.42 Å². The third-order valence-corrected chi connectivity index (χ3v) is 4.20. The summed E-state index contributed by atoms with van der Waals surface area (Å²) in [5, 5.41) is 3.48. The number of aryl methyl sites for hydroxylation is 4. The molecule has 0 fully saturated rings. The van der Waals surface area contributed by atoms with Crippen molar-refractivity contribution in [2.75, 3.05) is 7.05 Å². The summed E-state index contributed by atoms with van der Waals surface area (Å²) in [6.45, 7) is 8.77. The van der Waals surface area contributed by atoms with E-state index in [4.69, 9.17) is 0 Å². The molecule has 0 spiro atoms. The van der Waals surface area contributed by atoms with E-state index >= 15 is 0 Å². The van der Waals surface area contributed by atoms with Gasteiger partial charge in [0.2, 0.25) is 0 Å². The van der Waals surface area contributed by atoms with Crippen LogP contribution in [0.4, 0.5) is 0 Å². The first-order chi connectivity index (χ1) is 9.52. The molecule has 106 valence electrons. The molecule has 0 heterocycles. The Hall–Kier alpha value is -1.60. The second kappa shape index (κ2) is 6.23. The van der Waals surface area contributed by atoms with Gasteiger partial charge in [-0.2, -0.15) is 0 Å². The van der Waals surface area contributed by atoms with Gasteiger partial charge in [-0.3, -0.25) is 0 Å². The summed E-state index contributed by atoms with van der Waals surface area (Å²) in [5.41, 5.74) is 8.33. The monoisotopic (exact) mass is 267 g/mol. The zero-order valence-corrected chi connectivity index (χ0v) is 13.2. The van der Waals surface area contributed by atoms with E-state index in [1.165, 1.54) is 33.4 Å². The topological polar surface area (TPSA) is 12.0 Å². The van der Waals surface area contributed by atoms with Crippen molar-refractivity contribution in [3.05, 3.63) is 69.8 Å².